The van der Waals surface area contributed by atoms with Gasteiger partial charge in [0.25, 0.3) is 0 Å². The Bertz CT molecular complexity index is 642. The Morgan fingerprint density at radius 1 is 1.00 bits per heavy atom. The molecule has 106 valence electrons. The number of alkyl halides is 3. The second kappa shape index (κ2) is 5.42. The Morgan fingerprint density at radius 3 is 2.35 bits per heavy atom. The second-order valence-corrected chi connectivity index (χ2v) is 4.81. The van der Waals surface area contributed by atoms with Crippen LogP contribution in [0, 0.1) is 0 Å². The number of nitrogens with two attached hydrogens (primary N) is 1. The predicted octanol–water partition coefficient (Wildman–Crippen LogP) is 5.34. The standard InChI is InChI=1S/C13H9Cl2F3N2/c14-9-2-1-3-11(12(9)15)20-10-5-4-7(19)6-8(10)13(16,17)18/h1-6,20H,19H2. The highest BCUT2D eigenvalue weighted by Gasteiger charge is 2.33. The zero-order valence-corrected chi connectivity index (χ0v) is 11.4. The van der Waals surface area contributed by atoms with Crippen molar-refractivity contribution in [3.63, 3.8) is 0 Å². The minimum atomic E-state index is -4.53. The first-order valence-corrected chi connectivity index (χ1v) is 6.22. The molecule has 0 fully saturated rings. The summed E-state index contributed by atoms with van der Waals surface area (Å²) in [6, 6.07) is 8.14. The highest BCUT2D eigenvalue weighted by molar-refractivity contribution is 6.43. The van der Waals surface area contributed by atoms with E-state index in [1.807, 2.05) is 0 Å². The maximum atomic E-state index is 13.0. The van der Waals surface area contributed by atoms with Crippen LogP contribution in [0.4, 0.5) is 30.2 Å². The fraction of sp³-hybridized carbons (Fsp3) is 0.0769. The van der Waals surface area contributed by atoms with Crippen LogP contribution in [-0.2, 0) is 6.18 Å². The van der Waals surface area contributed by atoms with Gasteiger partial charge in [0.15, 0.2) is 0 Å². The molecule has 20 heavy (non-hydrogen) atoms. The van der Waals surface area contributed by atoms with Crippen LogP contribution in [0.2, 0.25) is 10.0 Å². The number of rotatable bonds is 2. The predicted molar refractivity (Wildman–Crippen MR) is 75.6 cm³/mol. The van der Waals surface area contributed by atoms with Crippen LogP contribution in [0.15, 0.2) is 36.4 Å². The zero-order chi connectivity index (χ0) is 14.9. The van der Waals surface area contributed by atoms with E-state index in [1.54, 1.807) is 12.1 Å². The molecule has 0 spiro atoms. The summed E-state index contributed by atoms with van der Waals surface area (Å²) in [5.41, 5.74) is 4.70. The lowest BCUT2D eigenvalue weighted by Crippen LogP contribution is -2.09. The van der Waals surface area contributed by atoms with Gasteiger partial charge in [-0.15, -0.1) is 0 Å². The third-order valence-electron chi connectivity index (χ3n) is 2.57. The fourth-order valence-corrected chi connectivity index (χ4v) is 2.00. The van der Waals surface area contributed by atoms with Gasteiger partial charge in [-0.05, 0) is 30.3 Å². The molecule has 0 atom stereocenters. The van der Waals surface area contributed by atoms with Crippen LogP contribution in [0.25, 0.3) is 0 Å². The van der Waals surface area contributed by atoms with Crippen molar-refractivity contribution in [3.8, 4) is 0 Å². The highest BCUT2D eigenvalue weighted by atomic mass is 35.5. The zero-order valence-electron chi connectivity index (χ0n) is 9.93. The van der Waals surface area contributed by atoms with Crippen LogP contribution in [0.5, 0.6) is 0 Å². The summed E-state index contributed by atoms with van der Waals surface area (Å²) in [6.07, 6.45) is -4.53. The third-order valence-corrected chi connectivity index (χ3v) is 3.39. The van der Waals surface area contributed by atoms with E-state index in [0.29, 0.717) is 0 Å². The molecule has 0 saturated heterocycles. The monoisotopic (exact) mass is 320 g/mol. The van der Waals surface area contributed by atoms with Crippen LogP contribution in [-0.4, -0.2) is 0 Å². The number of anilines is 3. The molecule has 3 N–H and O–H groups in total. The Morgan fingerprint density at radius 2 is 1.70 bits per heavy atom. The van der Waals surface area contributed by atoms with Gasteiger partial charge in [-0.3, -0.25) is 0 Å². The van der Waals surface area contributed by atoms with Crippen molar-refractivity contribution in [1.82, 2.24) is 0 Å². The van der Waals surface area contributed by atoms with Gasteiger partial charge >= 0.3 is 6.18 Å². The van der Waals surface area contributed by atoms with Gasteiger partial charge < -0.3 is 11.1 Å². The number of hydrogen-bond donors (Lipinski definition) is 2. The molecular formula is C13H9Cl2F3N2. The maximum absolute atomic E-state index is 13.0. The van der Waals surface area contributed by atoms with E-state index in [-0.39, 0.29) is 27.1 Å². The Hall–Kier alpha value is -1.59. The fourth-order valence-electron chi connectivity index (χ4n) is 1.65. The average Bonchev–Trinajstić information content (AvgIpc) is 2.36. The molecule has 0 aliphatic rings. The minimum Gasteiger partial charge on any atom is -0.399 e. The SMILES string of the molecule is Nc1ccc(Nc2cccc(Cl)c2Cl)c(C(F)(F)F)c1. The summed E-state index contributed by atoms with van der Waals surface area (Å²) in [5, 5.41) is 3.03. The van der Waals surface area contributed by atoms with Crippen LogP contribution in [0.3, 0.4) is 0 Å². The van der Waals surface area contributed by atoms with Crippen molar-refractivity contribution < 1.29 is 13.2 Å². The number of halogens is 5. The van der Waals surface area contributed by atoms with Crippen molar-refractivity contribution >= 4 is 40.3 Å². The van der Waals surface area contributed by atoms with Gasteiger partial charge in [0.1, 0.15) is 0 Å². The third kappa shape index (κ3) is 3.11. The molecule has 0 amide bonds. The molecule has 0 unspecified atom stereocenters. The lowest BCUT2D eigenvalue weighted by molar-refractivity contribution is -0.136. The van der Waals surface area contributed by atoms with E-state index in [0.717, 1.165) is 6.07 Å². The number of hydrogen-bond acceptors (Lipinski definition) is 2. The van der Waals surface area contributed by atoms with Crippen molar-refractivity contribution in [2.24, 2.45) is 0 Å². The molecule has 0 saturated carbocycles. The van der Waals surface area contributed by atoms with E-state index < -0.39 is 11.7 Å². The van der Waals surface area contributed by atoms with Gasteiger partial charge in [0.2, 0.25) is 0 Å². The van der Waals surface area contributed by atoms with Gasteiger partial charge in [-0.1, -0.05) is 29.3 Å². The Labute approximate surface area is 123 Å². The Kier molecular flexibility index (Phi) is 4.01. The van der Waals surface area contributed by atoms with Crippen molar-refractivity contribution in [2.45, 2.75) is 6.18 Å². The normalized spacial score (nSPS) is 11.4. The van der Waals surface area contributed by atoms with E-state index in [1.165, 1.54) is 18.2 Å². The summed E-state index contributed by atoms with van der Waals surface area (Å²) in [6.45, 7) is 0. The van der Waals surface area contributed by atoms with Crippen LogP contribution < -0.4 is 11.1 Å². The van der Waals surface area contributed by atoms with Crippen molar-refractivity contribution in [3.05, 3.63) is 52.0 Å². The summed E-state index contributed by atoms with van der Waals surface area (Å²) >= 11 is 11.8. The molecule has 0 radical (unpaired) electrons. The van der Waals surface area contributed by atoms with Gasteiger partial charge in [0, 0.05) is 5.69 Å². The van der Waals surface area contributed by atoms with Crippen LogP contribution >= 0.6 is 23.2 Å². The first-order valence-electron chi connectivity index (χ1n) is 5.47. The first kappa shape index (κ1) is 14.8. The summed E-state index contributed by atoms with van der Waals surface area (Å²) in [4.78, 5) is 0. The van der Waals surface area contributed by atoms with Crippen molar-refractivity contribution in [2.75, 3.05) is 11.1 Å². The van der Waals surface area contributed by atoms with Gasteiger partial charge in [-0.2, -0.15) is 13.2 Å². The lowest BCUT2D eigenvalue weighted by atomic mass is 10.1. The summed E-state index contributed by atoms with van der Waals surface area (Å²) in [7, 11) is 0. The quantitative estimate of drug-likeness (QED) is 0.733. The average molecular weight is 321 g/mol. The second-order valence-electron chi connectivity index (χ2n) is 4.03. The summed E-state index contributed by atoms with van der Waals surface area (Å²) < 4.78 is 38.9. The molecule has 2 rings (SSSR count). The first-order chi connectivity index (χ1) is 9.29. The topological polar surface area (TPSA) is 38.0 Å². The van der Waals surface area contributed by atoms with E-state index in [9.17, 15) is 13.2 Å². The van der Waals surface area contributed by atoms with Gasteiger partial charge in [-0.25, -0.2) is 0 Å². The van der Waals surface area contributed by atoms with E-state index in [4.69, 9.17) is 28.9 Å². The molecular weight excluding hydrogens is 312 g/mol. The van der Waals surface area contributed by atoms with E-state index >= 15 is 0 Å². The molecule has 0 aromatic heterocycles. The molecule has 7 heteroatoms. The minimum absolute atomic E-state index is 0.0278. The smallest absolute Gasteiger partial charge is 0.399 e. The maximum Gasteiger partial charge on any atom is 0.418 e. The largest absolute Gasteiger partial charge is 0.418 e. The molecule has 2 aromatic rings. The number of nitrogen functional groups attached to an aromatic ring is 1. The molecule has 2 nitrogen and oxygen atoms in total. The lowest BCUT2D eigenvalue weighted by Gasteiger charge is -2.16. The molecule has 0 bridgehead atoms. The Balaban J connectivity index is 2.46. The van der Waals surface area contributed by atoms with Crippen LogP contribution in [0.1, 0.15) is 5.56 Å². The molecule has 0 aliphatic carbocycles. The number of benzene rings is 2. The van der Waals surface area contributed by atoms with E-state index in [2.05, 4.69) is 5.32 Å². The molecule has 2 aromatic carbocycles. The molecule has 0 heterocycles. The highest BCUT2D eigenvalue weighted by Crippen LogP contribution is 2.39. The number of nitrogens with one attached hydrogen (secondary N) is 1. The van der Waals surface area contributed by atoms with Gasteiger partial charge in [0.05, 0.1) is 27.0 Å². The van der Waals surface area contributed by atoms with Crippen molar-refractivity contribution in [1.29, 1.82) is 0 Å². The summed E-state index contributed by atoms with van der Waals surface area (Å²) in [5.74, 6) is 0. The molecule has 0 aliphatic heterocycles.